The third-order valence-corrected chi connectivity index (χ3v) is 3.74. The Bertz CT molecular complexity index is 459. The van der Waals surface area contributed by atoms with Crippen molar-refractivity contribution in [1.82, 2.24) is 9.78 Å². The number of hydrogen-bond donors (Lipinski definition) is 1. The van der Waals surface area contributed by atoms with E-state index in [-0.39, 0.29) is 6.04 Å². The summed E-state index contributed by atoms with van der Waals surface area (Å²) in [6.45, 7) is 4.89. The van der Waals surface area contributed by atoms with Crippen LogP contribution in [0.1, 0.15) is 36.8 Å². The second kappa shape index (κ2) is 5.47. The van der Waals surface area contributed by atoms with Crippen LogP contribution >= 0.6 is 11.3 Å². The maximum atomic E-state index is 5.91. The summed E-state index contributed by atoms with van der Waals surface area (Å²) in [6, 6.07) is 4.50. The molecule has 0 spiro atoms. The first-order valence-corrected chi connectivity index (χ1v) is 7.03. The third-order valence-electron chi connectivity index (χ3n) is 3.03. The zero-order chi connectivity index (χ0) is 12.3. The molecule has 0 aliphatic rings. The number of aryl methyl sites for hydroxylation is 2. The highest BCUT2D eigenvalue weighted by Gasteiger charge is 2.17. The van der Waals surface area contributed by atoms with Gasteiger partial charge in [-0.2, -0.15) is 16.4 Å². The van der Waals surface area contributed by atoms with Crippen molar-refractivity contribution in [3.63, 3.8) is 0 Å². The van der Waals surface area contributed by atoms with Crippen molar-refractivity contribution in [2.45, 2.75) is 32.7 Å². The van der Waals surface area contributed by atoms with Crippen LogP contribution in [-0.4, -0.2) is 16.3 Å². The lowest BCUT2D eigenvalue weighted by atomic mass is 10.1. The molecule has 0 aromatic carbocycles. The molecule has 92 valence electrons. The number of rotatable bonds is 5. The first-order valence-electron chi connectivity index (χ1n) is 6.09. The molecule has 0 saturated heterocycles. The Morgan fingerprint density at radius 3 is 2.76 bits per heavy atom. The van der Waals surface area contributed by atoms with Crippen LogP contribution in [0, 0.1) is 0 Å². The van der Waals surface area contributed by atoms with Crippen molar-refractivity contribution in [3.05, 3.63) is 39.8 Å². The van der Waals surface area contributed by atoms with Crippen molar-refractivity contribution < 1.29 is 0 Å². The summed E-state index contributed by atoms with van der Waals surface area (Å²) >= 11 is 1.71. The van der Waals surface area contributed by atoms with E-state index in [9.17, 15) is 0 Å². The summed E-state index contributed by atoms with van der Waals surface area (Å²) in [5.74, 6) is 0. The van der Waals surface area contributed by atoms with Gasteiger partial charge in [0.15, 0.2) is 0 Å². The lowest BCUT2D eigenvalue weighted by Crippen LogP contribution is -2.22. The maximum Gasteiger partial charge on any atom is 0.0901 e. The van der Waals surface area contributed by atoms with E-state index in [0.717, 1.165) is 18.5 Å². The van der Waals surface area contributed by atoms with Crippen LogP contribution < -0.4 is 5.73 Å². The topological polar surface area (TPSA) is 43.8 Å². The van der Waals surface area contributed by atoms with Crippen LogP contribution in [0.4, 0.5) is 0 Å². The van der Waals surface area contributed by atoms with Gasteiger partial charge in [-0.3, -0.25) is 4.68 Å². The fourth-order valence-corrected chi connectivity index (χ4v) is 2.75. The van der Waals surface area contributed by atoms with Crippen LogP contribution in [0.15, 0.2) is 22.9 Å². The van der Waals surface area contributed by atoms with Crippen LogP contribution in [0.5, 0.6) is 0 Å². The Morgan fingerprint density at radius 1 is 1.41 bits per heavy atom. The van der Waals surface area contributed by atoms with Crippen LogP contribution in [0.2, 0.25) is 0 Å². The van der Waals surface area contributed by atoms with E-state index in [1.54, 1.807) is 11.3 Å². The van der Waals surface area contributed by atoms with E-state index < -0.39 is 0 Å². The SMILES string of the molecule is CCc1cc(CC)n(C(CN)c2ccsc2)n1. The lowest BCUT2D eigenvalue weighted by molar-refractivity contribution is 0.509. The number of aromatic nitrogens is 2. The number of hydrogen-bond acceptors (Lipinski definition) is 3. The van der Waals surface area contributed by atoms with Gasteiger partial charge in [-0.15, -0.1) is 0 Å². The quantitative estimate of drug-likeness (QED) is 0.885. The molecular formula is C13H19N3S. The Morgan fingerprint density at radius 2 is 2.24 bits per heavy atom. The molecular weight excluding hydrogens is 230 g/mol. The summed E-state index contributed by atoms with van der Waals surface area (Å²) in [4.78, 5) is 0. The van der Waals surface area contributed by atoms with Gasteiger partial charge in [0.2, 0.25) is 0 Å². The van der Waals surface area contributed by atoms with E-state index in [4.69, 9.17) is 5.73 Å². The lowest BCUT2D eigenvalue weighted by Gasteiger charge is -2.17. The Labute approximate surface area is 106 Å². The minimum absolute atomic E-state index is 0.177. The standard InChI is InChI=1S/C13H19N3S/c1-3-11-7-12(4-2)16(15-11)13(8-14)10-5-6-17-9-10/h5-7,9,13H,3-4,8,14H2,1-2H3. The first kappa shape index (κ1) is 12.3. The molecule has 0 bridgehead atoms. The molecule has 2 N–H and O–H groups in total. The fraction of sp³-hybridized carbons (Fsp3) is 0.462. The van der Waals surface area contributed by atoms with Gasteiger partial charge in [-0.1, -0.05) is 13.8 Å². The summed E-state index contributed by atoms with van der Waals surface area (Å²) in [7, 11) is 0. The zero-order valence-corrected chi connectivity index (χ0v) is 11.2. The highest BCUT2D eigenvalue weighted by atomic mass is 32.1. The molecule has 2 aromatic heterocycles. The molecule has 0 fully saturated rings. The summed E-state index contributed by atoms with van der Waals surface area (Å²) in [5, 5.41) is 8.92. The van der Waals surface area contributed by atoms with Crippen LogP contribution in [0.25, 0.3) is 0 Å². The zero-order valence-electron chi connectivity index (χ0n) is 10.4. The van der Waals surface area contributed by atoms with Crippen LogP contribution in [-0.2, 0) is 12.8 Å². The van der Waals surface area contributed by atoms with E-state index in [1.165, 1.54) is 11.3 Å². The van der Waals surface area contributed by atoms with Gasteiger partial charge in [0, 0.05) is 12.2 Å². The van der Waals surface area contributed by atoms with Gasteiger partial charge in [0.05, 0.1) is 11.7 Å². The predicted octanol–water partition coefficient (Wildman–Crippen LogP) is 2.62. The molecule has 3 nitrogen and oxygen atoms in total. The maximum absolute atomic E-state index is 5.91. The summed E-state index contributed by atoms with van der Waals surface area (Å²) in [5.41, 5.74) is 9.59. The van der Waals surface area contributed by atoms with Gasteiger partial charge < -0.3 is 5.73 Å². The number of nitrogens with zero attached hydrogens (tertiary/aromatic N) is 2. The first-order chi connectivity index (χ1) is 8.30. The molecule has 0 aliphatic carbocycles. The van der Waals surface area contributed by atoms with Crippen molar-refractivity contribution in [2.24, 2.45) is 5.73 Å². The second-order valence-electron chi connectivity index (χ2n) is 4.09. The fourth-order valence-electron chi connectivity index (χ4n) is 2.04. The average molecular weight is 249 g/mol. The van der Waals surface area contributed by atoms with Gasteiger partial charge in [0.25, 0.3) is 0 Å². The summed E-state index contributed by atoms with van der Waals surface area (Å²) in [6.07, 6.45) is 1.97. The van der Waals surface area contributed by atoms with Crippen LogP contribution in [0.3, 0.4) is 0 Å². The predicted molar refractivity (Wildman–Crippen MR) is 72.5 cm³/mol. The Hall–Kier alpha value is -1.13. The highest BCUT2D eigenvalue weighted by molar-refractivity contribution is 7.07. The van der Waals surface area contributed by atoms with Gasteiger partial charge >= 0.3 is 0 Å². The normalized spacial score (nSPS) is 12.9. The van der Waals surface area contributed by atoms with Gasteiger partial charge in [-0.05, 0) is 41.3 Å². The molecule has 4 heteroatoms. The molecule has 2 aromatic rings. The minimum Gasteiger partial charge on any atom is -0.328 e. The molecule has 1 atom stereocenters. The van der Waals surface area contributed by atoms with Crippen molar-refractivity contribution >= 4 is 11.3 Å². The number of thiophene rings is 1. The number of nitrogens with two attached hydrogens (primary N) is 1. The molecule has 0 radical (unpaired) electrons. The van der Waals surface area contributed by atoms with Crippen molar-refractivity contribution in [3.8, 4) is 0 Å². The minimum atomic E-state index is 0.177. The Kier molecular flexibility index (Phi) is 3.97. The van der Waals surface area contributed by atoms with E-state index in [1.807, 2.05) is 0 Å². The second-order valence-corrected chi connectivity index (χ2v) is 4.87. The molecule has 2 rings (SSSR count). The molecule has 2 heterocycles. The molecule has 1 unspecified atom stereocenters. The third kappa shape index (κ3) is 2.42. The Balaban J connectivity index is 2.39. The van der Waals surface area contributed by atoms with Crippen molar-refractivity contribution in [1.29, 1.82) is 0 Å². The molecule has 0 saturated carbocycles. The largest absolute Gasteiger partial charge is 0.328 e. The smallest absolute Gasteiger partial charge is 0.0901 e. The monoisotopic (exact) mass is 249 g/mol. The highest BCUT2D eigenvalue weighted by Crippen LogP contribution is 2.22. The van der Waals surface area contributed by atoms with Gasteiger partial charge in [-0.25, -0.2) is 0 Å². The summed E-state index contributed by atoms with van der Waals surface area (Å²) < 4.78 is 2.10. The van der Waals surface area contributed by atoms with E-state index in [0.29, 0.717) is 6.54 Å². The van der Waals surface area contributed by atoms with E-state index >= 15 is 0 Å². The average Bonchev–Trinajstić information content (AvgIpc) is 2.99. The van der Waals surface area contributed by atoms with E-state index in [2.05, 4.69) is 46.5 Å². The van der Waals surface area contributed by atoms with Crippen molar-refractivity contribution in [2.75, 3.05) is 6.54 Å². The molecule has 17 heavy (non-hydrogen) atoms. The van der Waals surface area contributed by atoms with Gasteiger partial charge in [0.1, 0.15) is 0 Å². The molecule has 0 aliphatic heterocycles. The molecule has 0 amide bonds.